The smallest absolute Gasteiger partial charge is 0.0108 e. The van der Waals surface area contributed by atoms with E-state index in [-0.39, 0.29) is 0 Å². The van der Waals surface area contributed by atoms with Crippen LogP contribution in [0.25, 0.3) is 0 Å². The third kappa shape index (κ3) is 5.50. The molecule has 0 aromatic heterocycles. The van der Waals surface area contributed by atoms with Crippen molar-refractivity contribution in [1.29, 1.82) is 0 Å². The molecule has 0 spiro atoms. The van der Waals surface area contributed by atoms with Gasteiger partial charge in [-0.05, 0) is 31.2 Å². The molecule has 0 aliphatic carbocycles. The van der Waals surface area contributed by atoms with Crippen LogP contribution in [0.1, 0.15) is 5.56 Å². The van der Waals surface area contributed by atoms with Gasteiger partial charge in [0.15, 0.2) is 0 Å². The van der Waals surface area contributed by atoms with Crippen LogP contribution in [0.15, 0.2) is 65.6 Å². The van der Waals surface area contributed by atoms with Crippen molar-refractivity contribution >= 4 is 11.8 Å². The zero-order valence-corrected chi connectivity index (χ0v) is 12.3. The van der Waals surface area contributed by atoms with Crippen LogP contribution in [0.4, 0.5) is 0 Å². The molecule has 0 N–H and O–H groups in total. The number of hydrogen-bond donors (Lipinski definition) is 0. The number of rotatable bonds is 7. The van der Waals surface area contributed by atoms with Crippen molar-refractivity contribution in [3.8, 4) is 0 Å². The molecule has 0 bridgehead atoms. The van der Waals surface area contributed by atoms with E-state index in [0.29, 0.717) is 0 Å². The van der Waals surface area contributed by atoms with Gasteiger partial charge in [0, 0.05) is 23.7 Å². The van der Waals surface area contributed by atoms with Gasteiger partial charge in [0.2, 0.25) is 0 Å². The van der Waals surface area contributed by atoms with Crippen LogP contribution in [0.3, 0.4) is 0 Å². The Morgan fingerprint density at radius 2 is 1.47 bits per heavy atom. The first-order valence-corrected chi connectivity index (χ1v) is 7.73. The van der Waals surface area contributed by atoms with Gasteiger partial charge in [0.1, 0.15) is 0 Å². The van der Waals surface area contributed by atoms with Crippen LogP contribution in [-0.2, 0) is 6.42 Å². The highest BCUT2D eigenvalue weighted by Crippen LogP contribution is 2.16. The summed E-state index contributed by atoms with van der Waals surface area (Å²) in [5, 5.41) is 0. The first-order chi connectivity index (χ1) is 9.34. The van der Waals surface area contributed by atoms with Gasteiger partial charge in [-0.15, -0.1) is 11.8 Å². The molecule has 0 saturated carbocycles. The van der Waals surface area contributed by atoms with Crippen LogP contribution in [-0.4, -0.2) is 30.8 Å². The van der Waals surface area contributed by atoms with Crippen LogP contribution in [0.5, 0.6) is 0 Å². The van der Waals surface area contributed by atoms with Crippen LogP contribution in [0, 0.1) is 0 Å². The van der Waals surface area contributed by atoms with E-state index in [1.807, 2.05) is 11.8 Å². The Bertz CT molecular complexity index is 455. The van der Waals surface area contributed by atoms with Gasteiger partial charge in [0.25, 0.3) is 0 Å². The average molecular weight is 271 g/mol. The summed E-state index contributed by atoms with van der Waals surface area (Å²) in [6.45, 7) is 2.26. The lowest BCUT2D eigenvalue weighted by molar-refractivity contribution is 0.360. The lowest BCUT2D eigenvalue weighted by Crippen LogP contribution is -2.23. The quantitative estimate of drug-likeness (QED) is 0.701. The highest BCUT2D eigenvalue weighted by atomic mass is 32.2. The standard InChI is InChI=1S/C17H21NS/c1-18(13-12-16-8-4-2-5-9-16)14-15-19-17-10-6-3-7-11-17/h2-11H,12-15H2,1H3. The third-order valence-electron chi connectivity index (χ3n) is 3.11. The molecule has 0 radical (unpaired) electrons. The van der Waals surface area contributed by atoms with E-state index >= 15 is 0 Å². The summed E-state index contributed by atoms with van der Waals surface area (Å²) in [6, 6.07) is 21.3. The summed E-state index contributed by atoms with van der Waals surface area (Å²) in [6.07, 6.45) is 1.13. The fraction of sp³-hybridized carbons (Fsp3) is 0.294. The summed E-state index contributed by atoms with van der Waals surface area (Å²) >= 11 is 1.93. The molecular formula is C17H21NS. The zero-order chi connectivity index (χ0) is 13.3. The van der Waals surface area contributed by atoms with Gasteiger partial charge < -0.3 is 4.90 Å². The summed E-state index contributed by atoms with van der Waals surface area (Å²) in [7, 11) is 2.20. The Labute approximate surface area is 120 Å². The predicted octanol–water partition coefficient (Wildman–Crippen LogP) is 3.95. The predicted molar refractivity (Wildman–Crippen MR) is 84.8 cm³/mol. The van der Waals surface area contributed by atoms with Gasteiger partial charge in [-0.3, -0.25) is 0 Å². The van der Waals surface area contributed by atoms with E-state index in [4.69, 9.17) is 0 Å². The molecule has 0 unspecified atom stereocenters. The van der Waals surface area contributed by atoms with E-state index < -0.39 is 0 Å². The fourth-order valence-corrected chi connectivity index (χ4v) is 2.90. The number of hydrogen-bond acceptors (Lipinski definition) is 2. The van der Waals surface area contributed by atoms with Crippen molar-refractivity contribution in [3.63, 3.8) is 0 Å². The molecule has 0 aliphatic rings. The molecule has 2 heteroatoms. The molecule has 1 nitrogen and oxygen atoms in total. The van der Waals surface area contributed by atoms with Crippen LogP contribution < -0.4 is 0 Å². The minimum Gasteiger partial charge on any atom is -0.305 e. The Kier molecular flexibility index (Phi) is 5.99. The molecule has 100 valence electrons. The SMILES string of the molecule is CN(CCSc1ccccc1)CCc1ccccc1. The second-order valence-corrected chi connectivity index (χ2v) is 5.87. The largest absolute Gasteiger partial charge is 0.305 e. The molecule has 19 heavy (non-hydrogen) atoms. The molecule has 2 aromatic rings. The van der Waals surface area contributed by atoms with Crippen LogP contribution in [0.2, 0.25) is 0 Å². The van der Waals surface area contributed by atoms with Crippen molar-refractivity contribution in [2.45, 2.75) is 11.3 Å². The summed E-state index contributed by atoms with van der Waals surface area (Å²) in [5.41, 5.74) is 1.42. The van der Waals surface area contributed by atoms with E-state index in [1.165, 1.54) is 10.5 Å². The second kappa shape index (κ2) is 8.03. The van der Waals surface area contributed by atoms with Crippen LogP contribution >= 0.6 is 11.8 Å². The minimum absolute atomic E-state index is 1.12. The fourth-order valence-electron chi connectivity index (χ4n) is 1.91. The van der Waals surface area contributed by atoms with E-state index in [2.05, 4.69) is 72.6 Å². The molecule has 2 rings (SSSR count). The van der Waals surface area contributed by atoms with Gasteiger partial charge in [-0.2, -0.15) is 0 Å². The van der Waals surface area contributed by atoms with E-state index in [0.717, 1.165) is 25.3 Å². The molecule has 0 aliphatic heterocycles. The van der Waals surface area contributed by atoms with Gasteiger partial charge in [-0.1, -0.05) is 48.5 Å². The molecule has 0 atom stereocenters. The molecule has 0 saturated heterocycles. The zero-order valence-electron chi connectivity index (χ0n) is 11.5. The maximum Gasteiger partial charge on any atom is 0.0108 e. The summed E-state index contributed by atoms with van der Waals surface area (Å²) in [5.74, 6) is 1.15. The highest BCUT2D eigenvalue weighted by molar-refractivity contribution is 7.99. The van der Waals surface area contributed by atoms with Crippen molar-refractivity contribution in [2.24, 2.45) is 0 Å². The van der Waals surface area contributed by atoms with Crippen molar-refractivity contribution < 1.29 is 0 Å². The van der Waals surface area contributed by atoms with Crippen molar-refractivity contribution in [3.05, 3.63) is 66.2 Å². The van der Waals surface area contributed by atoms with Crippen molar-refractivity contribution in [2.75, 3.05) is 25.9 Å². The molecule has 0 heterocycles. The summed E-state index contributed by atoms with van der Waals surface area (Å²) in [4.78, 5) is 3.77. The Morgan fingerprint density at radius 3 is 2.16 bits per heavy atom. The van der Waals surface area contributed by atoms with Crippen molar-refractivity contribution in [1.82, 2.24) is 4.90 Å². The van der Waals surface area contributed by atoms with E-state index in [9.17, 15) is 0 Å². The first-order valence-electron chi connectivity index (χ1n) is 6.75. The average Bonchev–Trinajstić information content (AvgIpc) is 2.47. The maximum absolute atomic E-state index is 2.41. The Balaban J connectivity index is 1.64. The lowest BCUT2D eigenvalue weighted by Gasteiger charge is -2.16. The van der Waals surface area contributed by atoms with Gasteiger partial charge >= 0.3 is 0 Å². The summed E-state index contributed by atoms with van der Waals surface area (Å²) < 4.78 is 0. The molecule has 2 aromatic carbocycles. The highest BCUT2D eigenvalue weighted by Gasteiger charge is 2.00. The first kappa shape index (κ1) is 14.2. The van der Waals surface area contributed by atoms with Gasteiger partial charge in [0.05, 0.1) is 0 Å². The van der Waals surface area contributed by atoms with Gasteiger partial charge in [-0.25, -0.2) is 0 Å². The maximum atomic E-state index is 2.41. The number of nitrogens with zero attached hydrogens (tertiary/aromatic N) is 1. The monoisotopic (exact) mass is 271 g/mol. The number of likely N-dealkylation sites (N-methyl/N-ethyl adjacent to an activating group) is 1. The number of benzene rings is 2. The second-order valence-electron chi connectivity index (χ2n) is 4.70. The Morgan fingerprint density at radius 1 is 0.842 bits per heavy atom. The number of thioether (sulfide) groups is 1. The molecular weight excluding hydrogens is 250 g/mol. The molecule has 0 fully saturated rings. The minimum atomic E-state index is 1.12. The lowest BCUT2D eigenvalue weighted by atomic mass is 10.1. The topological polar surface area (TPSA) is 3.24 Å². The third-order valence-corrected chi connectivity index (χ3v) is 4.10. The Hall–Kier alpha value is -1.25. The molecule has 0 amide bonds. The normalized spacial score (nSPS) is 10.8. The van der Waals surface area contributed by atoms with E-state index in [1.54, 1.807) is 0 Å².